The van der Waals surface area contributed by atoms with Gasteiger partial charge in [-0.25, -0.2) is 19.9 Å². The number of amides is 2. The Morgan fingerprint density at radius 3 is 1.77 bits per heavy atom. The zero-order valence-corrected chi connectivity index (χ0v) is 52.0. The molecule has 0 spiro atoms. The van der Waals surface area contributed by atoms with E-state index in [1.54, 1.807) is 29.5 Å². The molecule has 4 aromatic heterocycles. The number of rotatable bonds is 16. The minimum atomic E-state index is -1.62. The molecule has 10 rings (SSSR count). The lowest BCUT2D eigenvalue weighted by Gasteiger charge is -2.36. The van der Waals surface area contributed by atoms with Gasteiger partial charge in [0.25, 0.3) is 0 Å². The first kappa shape index (κ1) is 62.0. The summed E-state index contributed by atoms with van der Waals surface area (Å²) in [5.41, 5.74) is 16.3. The summed E-state index contributed by atoms with van der Waals surface area (Å²) in [5, 5.41) is 21.2. The summed E-state index contributed by atoms with van der Waals surface area (Å²) in [6.45, 7) is 25.9. The van der Waals surface area contributed by atoms with E-state index in [0.717, 1.165) is 112 Å². The molecule has 0 radical (unpaired) electrons. The van der Waals surface area contributed by atoms with E-state index in [1.807, 2.05) is 29.2 Å². The molecule has 4 unspecified atom stereocenters. The normalized spacial score (nSPS) is 19.1. The summed E-state index contributed by atoms with van der Waals surface area (Å²) in [7, 11) is -1.62. The minimum absolute atomic E-state index is 0.0390. The molecule has 4 aliphatic rings. The molecule has 2 amide bonds. The lowest BCUT2D eigenvalue weighted by molar-refractivity contribution is -0.131. The first-order chi connectivity index (χ1) is 39.2. The number of hydrogen-bond acceptors (Lipinski definition) is 12. The van der Waals surface area contributed by atoms with Gasteiger partial charge in [-0.15, -0.1) is 0 Å². The molecular weight excluding hydrogens is 1060 g/mol. The van der Waals surface area contributed by atoms with E-state index < -0.39 is 8.32 Å². The van der Waals surface area contributed by atoms with Crippen LogP contribution < -0.4 is 11.1 Å². The van der Waals surface area contributed by atoms with Crippen molar-refractivity contribution >= 4 is 49.1 Å². The van der Waals surface area contributed by atoms with Crippen LogP contribution in [0.1, 0.15) is 147 Å². The Labute approximate surface area is 493 Å². The van der Waals surface area contributed by atoms with Crippen molar-refractivity contribution < 1.29 is 19.1 Å². The Morgan fingerprint density at radius 2 is 1.27 bits per heavy atom. The average Bonchev–Trinajstić information content (AvgIpc) is 4.29. The van der Waals surface area contributed by atoms with Crippen molar-refractivity contribution in [1.82, 2.24) is 49.3 Å². The molecule has 2 aromatic carbocycles. The highest BCUT2D eigenvalue weighted by Gasteiger charge is 2.37. The van der Waals surface area contributed by atoms with Crippen LogP contribution in [0, 0.1) is 23.7 Å². The third-order valence-corrected chi connectivity index (χ3v) is 22.6. The number of carbonyl (C=O) groups is 2. The summed E-state index contributed by atoms with van der Waals surface area (Å²) in [6, 6.07) is 17.0. The molecule has 6 aromatic rings. The molecule has 2 aliphatic carbocycles. The van der Waals surface area contributed by atoms with Crippen LogP contribution >= 0.6 is 11.6 Å². The average molecular weight is 1160 g/mol. The van der Waals surface area contributed by atoms with Crippen molar-refractivity contribution in [2.45, 2.75) is 169 Å². The zero-order valence-electron chi connectivity index (χ0n) is 50.3. The number of anilines is 3. The van der Waals surface area contributed by atoms with Crippen molar-refractivity contribution in [2.24, 2.45) is 23.7 Å². The van der Waals surface area contributed by atoms with Crippen LogP contribution in [0.25, 0.3) is 22.5 Å². The van der Waals surface area contributed by atoms with Crippen molar-refractivity contribution in [3.63, 3.8) is 0 Å². The number of nitrogens with one attached hydrogen (secondary N) is 1. The van der Waals surface area contributed by atoms with Crippen molar-refractivity contribution in [2.75, 3.05) is 50.4 Å². The number of likely N-dealkylation sites (tertiary alicyclic amines) is 2. The number of halogens is 1. The molecule has 0 bridgehead atoms. The van der Waals surface area contributed by atoms with Crippen LogP contribution in [-0.2, 0) is 39.9 Å². The minimum Gasteiger partial charge on any atom is -0.415 e. The van der Waals surface area contributed by atoms with Crippen molar-refractivity contribution in [3.05, 3.63) is 113 Å². The fourth-order valence-corrected chi connectivity index (χ4v) is 12.9. The maximum absolute atomic E-state index is 13.2. The molecular formula is C64H91ClN12O4Si. The number of nitrogens with two attached hydrogens (primary N) is 1. The largest absolute Gasteiger partial charge is 0.415 e. The number of aliphatic hydroxyl groups excluding tert-OH is 1. The second-order valence-electron chi connectivity index (χ2n) is 25.3. The summed E-state index contributed by atoms with van der Waals surface area (Å²) in [4.78, 5) is 47.9. The maximum Gasteiger partial charge on any atom is 0.227 e. The van der Waals surface area contributed by atoms with Gasteiger partial charge in [0.2, 0.25) is 23.0 Å². The Hall–Kier alpha value is -6.01. The van der Waals surface area contributed by atoms with Crippen LogP contribution in [0.3, 0.4) is 0 Å². The zero-order chi connectivity index (χ0) is 58.6. The van der Waals surface area contributed by atoms with E-state index in [4.69, 9.17) is 31.9 Å². The molecule has 18 heteroatoms. The maximum atomic E-state index is 13.2. The van der Waals surface area contributed by atoms with E-state index in [2.05, 4.69) is 138 Å². The Bertz CT molecular complexity index is 3050. The van der Waals surface area contributed by atoms with Gasteiger partial charge in [0.15, 0.2) is 8.32 Å². The molecule has 82 heavy (non-hydrogen) atoms. The van der Waals surface area contributed by atoms with Crippen molar-refractivity contribution in [3.8, 4) is 22.5 Å². The van der Waals surface area contributed by atoms with Gasteiger partial charge < -0.3 is 30.4 Å². The molecule has 442 valence electrons. The van der Waals surface area contributed by atoms with Gasteiger partial charge in [0.1, 0.15) is 0 Å². The highest BCUT2D eigenvalue weighted by atomic mass is 35.5. The number of fused-ring (bicyclic) bond motifs is 2. The lowest BCUT2D eigenvalue weighted by atomic mass is 9.88. The summed E-state index contributed by atoms with van der Waals surface area (Å²) < 4.78 is 9.54. The van der Waals surface area contributed by atoms with E-state index in [1.165, 1.54) is 35.1 Å². The SMILES string of the molecule is CC(C)(C)[Si](C)(C)OCCn1cc(N)cn1.CC(C)C1CCN(C(=O)CC2CCCCc3cc(-c4ccnc(Cl)n4)ccc32)C1.CC(C)C1CCN(C(=O)CC2CCCCc3cc(-c4ccnc(Nc5cnn(CCO)c5)n4)ccc32)C1. The smallest absolute Gasteiger partial charge is 0.227 e. The molecule has 2 aliphatic heterocycles. The summed E-state index contributed by atoms with van der Waals surface area (Å²) in [5.74, 6) is 4.34. The Kier molecular flexibility index (Phi) is 21.6. The monoisotopic (exact) mass is 1150 g/mol. The Morgan fingerprint density at radius 1 is 0.732 bits per heavy atom. The first-order valence-corrected chi connectivity index (χ1v) is 33.5. The summed E-state index contributed by atoms with van der Waals surface area (Å²) >= 11 is 5.97. The van der Waals surface area contributed by atoms with Crippen LogP contribution in [0.2, 0.25) is 23.4 Å². The molecule has 6 heterocycles. The second-order valence-corrected chi connectivity index (χ2v) is 30.5. The number of aromatic nitrogens is 8. The van der Waals surface area contributed by atoms with Gasteiger partial charge in [0, 0.05) is 74.9 Å². The molecule has 2 saturated heterocycles. The van der Waals surface area contributed by atoms with E-state index >= 15 is 0 Å². The molecule has 2 fully saturated rings. The fourth-order valence-electron chi connectivity index (χ4n) is 11.7. The topological polar surface area (TPSA) is 195 Å². The lowest BCUT2D eigenvalue weighted by Crippen LogP contribution is -2.41. The van der Waals surface area contributed by atoms with Gasteiger partial charge in [-0.2, -0.15) is 10.2 Å². The quantitative estimate of drug-likeness (QED) is 0.0472. The molecule has 16 nitrogen and oxygen atoms in total. The standard InChI is InChI=1S/C29H38N6O2.C24H30ClN3O.C11H23N3OSi/c1-20(2)24-10-12-34(18-24)28(37)16-22-6-4-3-5-21-15-23(7-8-26(21)22)27-9-11-30-29(33-27)32-25-17-31-35(19-25)13-14-36;1-16(2)20-10-12-28(15-20)23(29)14-18-6-4-3-5-17-13-19(7-8-21(17)18)22-9-11-26-24(25)27-22;1-11(2,3)16(4,5)15-7-6-14-9-10(12)8-13-14/h7-9,11,15,17,19-20,22,24,36H,3-6,10,12-14,16,18H2,1-2H3,(H,30,32,33);7-9,11,13,16,18,20H,3-6,10,12,14-15H2,1-2H3;8-9H,6-7,12H2,1-5H3. The predicted molar refractivity (Wildman–Crippen MR) is 331 cm³/mol. The molecule has 4 atom stereocenters. The Balaban J connectivity index is 0.000000174. The van der Waals surface area contributed by atoms with Crippen LogP contribution in [-0.4, -0.2) is 114 Å². The molecule has 0 saturated carbocycles. The first-order valence-electron chi connectivity index (χ1n) is 30.2. The van der Waals surface area contributed by atoms with Gasteiger partial charge in [-0.05, 0) is 163 Å². The van der Waals surface area contributed by atoms with Crippen LogP contribution in [0.15, 0.2) is 85.7 Å². The van der Waals surface area contributed by atoms with Gasteiger partial charge >= 0.3 is 0 Å². The number of nitrogens with zero attached hydrogens (tertiary/aromatic N) is 10. The third-order valence-electron chi connectivity index (χ3n) is 17.9. The van der Waals surface area contributed by atoms with E-state index in [9.17, 15) is 9.59 Å². The summed E-state index contributed by atoms with van der Waals surface area (Å²) in [6.07, 6.45) is 22.9. The van der Waals surface area contributed by atoms with Gasteiger partial charge in [-0.3, -0.25) is 19.0 Å². The molecule has 4 N–H and O–H groups in total. The highest BCUT2D eigenvalue weighted by molar-refractivity contribution is 6.74. The number of benzene rings is 2. The number of nitrogen functional groups attached to an aromatic ring is 1. The van der Waals surface area contributed by atoms with E-state index in [0.29, 0.717) is 79.0 Å². The van der Waals surface area contributed by atoms with Crippen molar-refractivity contribution in [1.29, 1.82) is 0 Å². The number of aryl methyl sites for hydroxylation is 2. The number of carbonyl (C=O) groups excluding carboxylic acids is 2. The van der Waals surface area contributed by atoms with Crippen LogP contribution in [0.5, 0.6) is 0 Å². The second kappa shape index (κ2) is 28.5. The van der Waals surface area contributed by atoms with Crippen LogP contribution in [0.4, 0.5) is 17.3 Å². The van der Waals surface area contributed by atoms with Gasteiger partial charge in [0.05, 0.1) is 61.5 Å². The highest BCUT2D eigenvalue weighted by Crippen LogP contribution is 2.39. The third kappa shape index (κ3) is 16.8. The fraction of sp³-hybridized carbons (Fsp3) is 0.562. The van der Waals surface area contributed by atoms with Gasteiger partial charge in [-0.1, -0.05) is 85.6 Å². The number of hydrogen-bond donors (Lipinski definition) is 3. The van der Waals surface area contributed by atoms with E-state index in [-0.39, 0.29) is 22.8 Å². The predicted octanol–water partition coefficient (Wildman–Crippen LogP) is 12.8. The number of aliphatic hydroxyl groups is 1.